The minimum atomic E-state index is -3.63. The molecular formula is C18H18FN3O3S. The normalized spacial score (nSPS) is 16.2. The summed E-state index contributed by atoms with van der Waals surface area (Å²) in [6, 6.07) is 12.5. The number of rotatable bonds is 5. The van der Waals surface area contributed by atoms with Crippen molar-refractivity contribution in [2.75, 3.05) is 13.1 Å². The van der Waals surface area contributed by atoms with E-state index in [-0.39, 0.29) is 35.5 Å². The number of hydrogen-bond donors (Lipinski definition) is 1. The van der Waals surface area contributed by atoms with Crippen molar-refractivity contribution in [3.8, 4) is 0 Å². The number of amidine groups is 1. The van der Waals surface area contributed by atoms with E-state index in [1.165, 1.54) is 23.1 Å². The smallest absolute Gasteiger partial charge is 0.263 e. The van der Waals surface area contributed by atoms with Crippen molar-refractivity contribution in [3.05, 3.63) is 65.5 Å². The van der Waals surface area contributed by atoms with Crippen LogP contribution in [0.25, 0.3) is 0 Å². The Labute approximate surface area is 151 Å². The zero-order valence-corrected chi connectivity index (χ0v) is 15.0. The lowest BCUT2D eigenvalue weighted by Crippen LogP contribution is -2.33. The summed E-state index contributed by atoms with van der Waals surface area (Å²) in [5, 5.41) is 0. The topological polar surface area (TPSA) is 78.8 Å². The van der Waals surface area contributed by atoms with E-state index in [0.29, 0.717) is 17.7 Å². The minimum Gasteiger partial charge on any atom is -0.337 e. The van der Waals surface area contributed by atoms with Crippen LogP contribution in [-0.4, -0.2) is 38.2 Å². The van der Waals surface area contributed by atoms with Crippen LogP contribution >= 0.6 is 0 Å². The number of amides is 1. The van der Waals surface area contributed by atoms with Crippen molar-refractivity contribution >= 4 is 21.8 Å². The number of sulfonamides is 1. The van der Waals surface area contributed by atoms with Crippen LogP contribution < -0.4 is 4.72 Å². The van der Waals surface area contributed by atoms with Gasteiger partial charge < -0.3 is 4.90 Å². The maximum atomic E-state index is 13.3. The molecule has 8 heteroatoms. The van der Waals surface area contributed by atoms with Gasteiger partial charge in [0.2, 0.25) is 5.91 Å². The number of benzene rings is 2. The number of carbonyl (C=O) groups is 1. The molecule has 2 aromatic rings. The molecule has 0 aliphatic carbocycles. The second kappa shape index (κ2) is 7.25. The number of nitrogens with zero attached hydrogens (tertiary/aromatic N) is 2. The Bertz CT molecular complexity index is 973. The maximum Gasteiger partial charge on any atom is 0.263 e. The summed E-state index contributed by atoms with van der Waals surface area (Å²) >= 11 is 0. The van der Waals surface area contributed by atoms with Crippen LogP contribution in [-0.2, 0) is 21.4 Å². The van der Waals surface area contributed by atoms with Gasteiger partial charge in [0.05, 0.1) is 4.90 Å². The largest absolute Gasteiger partial charge is 0.337 e. The SMILES string of the molecule is CCN(Cc1cccc(F)c1)C(=O)CN=C1NS(=O)(=O)c2ccccc21. The van der Waals surface area contributed by atoms with Crippen LogP contribution in [0.3, 0.4) is 0 Å². The summed E-state index contributed by atoms with van der Waals surface area (Å²) in [7, 11) is -3.63. The number of halogens is 1. The first-order valence-electron chi connectivity index (χ1n) is 8.09. The molecule has 0 aromatic heterocycles. The molecule has 0 fully saturated rings. The number of nitrogens with one attached hydrogen (secondary N) is 1. The van der Waals surface area contributed by atoms with Crippen molar-refractivity contribution in [1.82, 2.24) is 9.62 Å². The molecule has 0 atom stereocenters. The molecule has 1 heterocycles. The molecular weight excluding hydrogens is 357 g/mol. The van der Waals surface area contributed by atoms with Crippen LogP contribution in [0.1, 0.15) is 18.1 Å². The highest BCUT2D eigenvalue weighted by atomic mass is 32.2. The molecule has 0 radical (unpaired) electrons. The van der Waals surface area contributed by atoms with Crippen LogP contribution in [0.2, 0.25) is 0 Å². The molecule has 1 N–H and O–H groups in total. The molecule has 1 aliphatic heterocycles. The second-order valence-corrected chi connectivity index (χ2v) is 7.46. The van der Waals surface area contributed by atoms with Gasteiger partial charge in [-0.1, -0.05) is 24.3 Å². The van der Waals surface area contributed by atoms with Gasteiger partial charge in [-0.2, -0.15) is 0 Å². The lowest BCUT2D eigenvalue weighted by molar-refractivity contribution is -0.130. The Morgan fingerprint density at radius 1 is 1.19 bits per heavy atom. The Morgan fingerprint density at radius 2 is 1.96 bits per heavy atom. The van der Waals surface area contributed by atoms with Gasteiger partial charge in [-0.3, -0.25) is 14.5 Å². The predicted molar refractivity (Wildman–Crippen MR) is 95.7 cm³/mol. The molecule has 136 valence electrons. The van der Waals surface area contributed by atoms with Gasteiger partial charge in [-0.05, 0) is 36.8 Å². The molecule has 0 saturated carbocycles. The molecule has 3 rings (SSSR count). The molecule has 0 saturated heterocycles. The lowest BCUT2D eigenvalue weighted by atomic mass is 10.2. The summed E-state index contributed by atoms with van der Waals surface area (Å²) < 4.78 is 39.8. The van der Waals surface area contributed by atoms with Crippen LogP contribution in [0.15, 0.2) is 58.4 Å². The molecule has 2 aromatic carbocycles. The van der Waals surface area contributed by atoms with Crippen LogP contribution in [0.5, 0.6) is 0 Å². The van der Waals surface area contributed by atoms with Gasteiger partial charge in [0.15, 0.2) is 0 Å². The zero-order valence-electron chi connectivity index (χ0n) is 14.1. The predicted octanol–water partition coefficient (Wildman–Crippen LogP) is 1.91. The van der Waals surface area contributed by atoms with E-state index in [0.717, 1.165) is 0 Å². The maximum absolute atomic E-state index is 13.3. The fourth-order valence-electron chi connectivity index (χ4n) is 2.73. The van der Waals surface area contributed by atoms with E-state index >= 15 is 0 Å². The number of fused-ring (bicyclic) bond motifs is 1. The van der Waals surface area contributed by atoms with Crippen LogP contribution in [0, 0.1) is 5.82 Å². The first kappa shape index (κ1) is 18.1. The van der Waals surface area contributed by atoms with E-state index in [1.54, 1.807) is 30.3 Å². The molecule has 1 aliphatic rings. The quantitative estimate of drug-likeness (QED) is 0.867. The van der Waals surface area contributed by atoms with E-state index in [2.05, 4.69) is 9.71 Å². The molecule has 0 unspecified atom stereocenters. The van der Waals surface area contributed by atoms with E-state index in [9.17, 15) is 17.6 Å². The van der Waals surface area contributed by atoms with Gasteiger partial charge >= 0.3 is 0 Å². The van der Waals surface area contributed by atoms with Gasteiger partial charge in [-0.15, -0.1) is 0 Å². The average molecular weight is 375 g/mol. The van der Waals surface area contributed by atoms with Crippen molar-refractivity contribution in [2.45, 2.75) is 18.4 Å². The Kier molecular flexibility index (Phi) is 5.03. The molecule has 1 amide bonds. The molecule has 0 spiro atoms. The fraction of sp³-hybridized carbons (Fsp3) is 0.222. The molecule has 26 heavy (non-hydrogen) atoms. The van der Waals surface area contributed by atoms with Gasteiger partial charge in [-0.25, -0.2) is 12.8 Å². The third kappa shape index (κ3) is 3.75. The van der Waals surface area contributed by atoms with Crippen LogP contribution in [0.4, 0.5) is 4.39 Å². The first-order valence-corrected chi connectivity index (χ1v) is 9.58. The van der Waals surface area contributed by atoms with Gasteiger partial charge in [0.1, 0.15) is 18.2 Å². The zero-order chi connectivity index (χ0) is 18.7. The highest BCUT2D eigenvalue weighted by Gasteiger charge is 2.30. The number of likely N-dealkylation sites (N-methyl/N-ethyl adjacent to an activating group) is 1. The lowest BCUT2D eigenvalue weighted by Gasteiger charge is -2.20. The third-order valence-corrected chi connectivity index (χ3v) is 5.43. The Morgan fingerprint density at radius 3 is 2.69 bits per heavy atom. The summed E-state index contributed by atoms with van der Waals surface area (Å²) in [6.45, 7) is 2.32. The highest BCUT2D eigenvalue weighted by molar-refractivity contribution is 7.90. The number of aliphatic imine (C=N–C) groups is 1. The number of hydrogen-bond acceptors (Lipinski definition) is 4. The highest BCUT2D eigenvalue weighted by Crippen LogP contribution is 2.22. The standard InChI is InChI=1S/C18H18FN3O3S/c1-2-22(12-13-6-5-7-14(19)10-13)17(23)11-20-18-15-8-3-4-9-16(15)26(24,25)21-18/h3-10H,2,11-12H2,1H3,(H,20,21). The van der Waals surface area contributed by atoms with E-state index < -0.39 is 10.0 Å². The fourth-order valence-corrected chi connectivity index (χ4v) is 3.98. The van der Waals surface area contributed by atoms with Gasteiger partial charge in [0.25, 0.3) is 10.0 Å². The Balaban J connectivity index is 1.74. The first-order chi connectivity index (χ1) is 12.4. The summed E-state index contributed by atoms with van der Waals surface area (Å²) in [5.74, 6) is -0.466. The minimum absolute atomic E-state index is 0.151. The molecule has 0 bridgehead atoms. The average Bonchev–Trinajstić information content (AvgIpc) is 2.89. The van der Waals surface area contributed by atoms with Crippen molar-refractivity contribution in [1.29, 1.82) is 0 Å². The van der Waals surface area contributed by atoms with Crippen molar-refractivity contribution in [2.24, 2.45) is 4.99 Å². The summed E-state index contributed by atoms with van der Waals surface area (Å²) in [5.41, 5.74) is 1.13. The Hall–Kier alpha value is -2.74. The molecule has 6 nitrogen and oxygen atoms in total. The van der Waals surface area contributed by atoms with Crippen molar-refractivity contribution < 1.29 is 17.6 Å². The third-order valence-electron chi connectivity index (χ3n) is 4.03. The number of carbonyl (C=O) groups excluding carboxylic acids is 1. The van der Waals surface area contributed by atoms with E-state index in [4.69, 9.17) is 0 Å². The van der Waals surface area contributed by atoms with Crippen molar-refractivity contribution in [3.63, 3.8) is 0 Å². The van der Waals surface area contributed by atoms with E-state index in [1.807, 2.05) is 6.92 Å². The van der Waals surface area contributed by atoms with Gasteiger partial charge in [0, 0.05) is 18.7 Å². The summed E-state index contributed by atoms with van der Waals surface area (Å²) in [6.07, 6.45) is 0. The summed E-state index contributed by atoms with van der Waals surface area (Å²) in [4.78, 5) is 18.3. The second-order valence-electron chi connectivity index (χ2n) is 5.80. The monoisotopic (exact) mass is 375 g/mol.